The van der Waals surface area contributed by atoms with Crippen LogP contribution in [0.3, 0.4) is 0 Å². The molecule has 1 N–H and O–H groups in total. The van der Waals surface area contributed by atoms with Crippen LogP contribution in [0.5, 0.6) is 0 Å². The summed E-state index contributed by atoms with van der Waals surface area (Å²) in [5.74, 6) is 0. The molecule has 0 bridgehead atoms. The van der Waals surface area contributed by atoms with E-state index < -0.39 is 0 Å². The Hall–Kier alpha value is -0.670. The maximum absolute atomic E-state index is 8.83. The van der Waals surface area contributed by atoms with E-state index in [0.717, 1.165) is 38.2 Å². The van der Waals surface area contributed by atoms with Gasteiger partial charge in [0.15, 0.2) is 0 Å². The Balaban J connectivity index is 2.11. The molecule has 0 aliphatic heterocycles. The van der Waals surface area contributed by atoms with Crippen molar-refractivity contribution in [1.29, 1.82) is 0 Å². The predicted octanol–water partition coefficient (Wildman–Crippen LogP) is 5.07. The largest absolute Gasteiger partial charge is 0.396 e. The third kappa shape index (κ3) is 4.43. The van der Waals surface area contributed by atoms with Gasteiger partial charge >= 0.3 is 0 Å². The molecule has 1 nitrogen and oxygen atoms in total. The Kier molecular flexibility index (Phi) is 5.59. The van der Waals surface area contributed by atoms with E-state index in [1.54, 1.807) is 11.8 Å². The molecule has 0 saturated carbocycles. The molecule has 0 fully saturated rings. The maximum Gasteiger partial charge on any atom is 0.0449 e. The molecule has 0 radical (unpaired) electrons. The number of aryl methyl sites for hydroxylation is 1. The molecule has 0 spiro atoms. The van der Waals surface area contributed by atoms with Crippen molar-refractivity contribution in [2.24, 2.45) is 0 Å². The average Bonchev–Trinajstić information content (AvgIpc) is 2.38. The van der Waals surface area contributed by atoms with Gasteiger partial charge in [0.05, 0.1) is 0 Å². The van der Waals surface area contributed by atoms with Gasteiger partial charge in [0.25, 0.3) is 0 Å². The van der Waals surface area contributed by atoms with Crippen molar-refractivity contribution in [3.8, 4) is 0 Å². The lowest BCUT2D eigenvalue weighted by Crippen LogP contribution is -1.90. The zero-order valence-electron chi connectivity index (χ0n) is 10.3. The highest BCUT2D eigenvalue weighted by molar-refractivity contribution is 7.99. The number of rotatable bonds is 5. The molecule has 100 valence electrons. The molecular weight excluding hydrogens is 299 g/mol. The lowest BCUT2D eigenvalue weighted by Gasteiger charge is -2.07. The normalized spacial score (nSPS) is 10.7. The molecule has 0 aromatic heterocycles. The summed E-state index contributed by atoms with van der Waals surface area (Å²) in [6.07, 6.45) is 1.54. The summed E-state index contributed by atoms with van der Waals surface area (Å²) in [5, 5.41) is 10.3. The highest BCUT2D eigenvalue weighted by atomic mass is 35.5. The fourth-order valence-electron chi connectivity index (χ4n) is 1.73. The zero-order chi connectivity index (χ0) is 13.7. The Morgan fingerprint density at radius 1 is 1.00 bits per heavy atom. The first-order valence-electron chi connectivity index (χ1n) is 6.02. The minimum Gasteiger partial charge on any atom is -0.396 e. The maximum atomic E-state index is 8.83. The van der Waals surface area contributed by atoms with E-state index in [0.29, 0.717) is 0 Å². The summed E-state index contributed by atoms with van der Waals surface area (Å²) in [4.78, 5) is 2.17. The second-order valence-corrected chi connectivity index (χ2v) is 6.13. The monoisotopic (exact) mass is 312 g/mol. The Labute approximate surface area is 127 Å². The molecule has 2 aromatic rings. The van der Waals surface area contributed by atoms with Crippen molar-refractivity contribution in [2.45, 2.75) is 22.6 Å². The molecule has 2 rings (SSSR count). The van der Waals surface area contributed by atoms with Crippen molar-refractivity contribution >= 4 is 35.0 Å². The Bertz CT molecular complexity index is 558. The van der Waals surface area contributed by atoms with Gasteiger partial charge in [0.2, 0.25) is 0 Å². The second kappa shape index (κ2) is 7.20. The van der Waals surface area contributed by atoms with Crippen molar-refractivity contribution < 1.29 is 5.11 Å². The van der Waals surface area contributed by atoms with Crippen LogP contribution >= 0.6 is 35.0 Å². The van der Waals surface area contributed by atoms with Crippen LogP contribution in [-0.2, 0) is 6.42 Å². The number of benzene rings is 2. The van der Waals surface area contributed by atoms with Crippen LogP contribution in [-0.4, -0.2) is 11.7 Å². The van der Waals surface area contributed by atoms with Crippen LogP contribution in [0.1, 0.15) is 12.0 Å². The zero-order valence-corrected chi connectivity index (χ0v) is 12.6. The van der Waals surface area contributed by atoms with Gasteiger partial charge in [-0.25, -0.2) is 0 Å². The van der Waals surface area contributed by atoms with Crippen LogP contribution in [0, 0.1) is 0 Å². The molecule has 4 heteroatoms. The molecule has 2 aromatic carbocycles. The van der Waals surface area contributed by atoms with Crippen molar-refractivity contribution in [3.05, 3.63) is 58.1 Å². The average molecular weight is 313 g/mol. The lowest BCUT2D eigenvalue weighted by molar-refractivity contribution is 0.288. The van der Waals surface area contributed by atoms with Gasteiger partial charge in [-0.3, -0.25) is 0 Å². The van der Waals surface area contributed by atoms with E-state index >= 15 is 0 Å². The molecule has 0 aliphatic carbocycles. The standard InChI is InChI=1S/C15H14Cl2OS/c16-12-4-1-5-13(9-12)19-14-7-6-11(3-2-8-18)15(17)10-14/h1,4-7,9-10,18H,2-3,8H2. The molecule has 0 atom stereocenters. The van der Waals surface area contributed by atoms with Gasteiger partial charge in [-0.15, -0.1) is 0 Å². The lowest BCUT2D eigenvalue weighted by atomic mass is 10.1. The van der Waals surface area contributed by atoms with E-state index in [1.807, 2.05) is 42.5 Å². The van der Waals surface area contributed by atoms with Crippen LogP contribution in [0.4, 0.5) is 0 Å². The van der Waals surface area contributed by atoms with E-state index in [9.17, 15) is 0 Å². The topological polar surface area (TPSA) is 20.2 Å². The minimum atomic E-state index is 0.190. The third-order valence-corrected chi connectivity index (χ3v) is 4.23. The summed E-state index contributed by atoms with van der Waals surface area (Å²) in [6, 6.07) is 13.8. The van der Waals surface area contributed by atoms with Gasteiger partial charge in [-0.1, -0.05) is 47.1 Å². The summed E-state index contributed by atoms with van der Waals surface area (Å²) in [6.45, 7) is 0.190. The smallest absolute Gasteiger partial charge is 0.0449 e. The number of aliphatic hydroxyl groups is 1. The number of halogens is 2. The molecule has 0 unspecified atom stereocenters. The summed E-state index contributed by atoms with van der Waals surface area (Å²) in [5.41, 5.74) is 1.08. The molecular formula is C15H14Cl2OS. The predicted molar refractivity (Wildman–Crippen MR) is 82.4 cm³/mol. The fraction of sp³-hybridized carbons (Fsp3) is 0.200. The van der Waals surface area contributed by atoms with Gasteiger partial charge in [0.1, 0.15) is 0 Å². The van der Waals surface area contributed by atoms with Crippen molar-refractivity contribution in [2.75, 3.05) is 6.61 Å². The number of hydrogen-bond acceptors (Lipinski definition) is 2. The first kappa shape index (κ1) is 14.7. The molecule has 0 aliphatic rings. The quantitative estimate of drug-likeness (QED) is 0.831. The summed E-state index contributed by atoms with van der Waals surface area (Å²) >= 11 is 13.8. The van der Waals surface area contributed by atoms with Gasteiger partial charge in [-0.05, 0) is 48.7 Å². The Morgan fingerprint density at radius 3 is 2.47 bits per heavy atom. The molecule has 0 heterocycles. The Morgan fingerprint density at radius 2 is 1.79 bits per heavy atom. The molecule has 0 saturated heterocycles. The van der Waals surface area contributed by atoms with Gasteiger partial charge in [-0.2, -0.15) is 0 Å². The fourth-order valence-corrected chi connectivity index (χ4v) is 3.24. The summed E-state index contributed by atoms with van der Waals surface area (Å²) < 4.78 is 0. The number of aliphatic hydroxyl groups excluding tert-OH is 1. The SMILES string of the molecule is OCCCc1ccc(Sc2cccc(Cl)c2)cc1Cl. The van der Waals surface area contributed by atoms with Gasteiger partial charge < -0.3 is 5.11 Å². The van der Waals surface area contributed by atoms with E-state index in [-0.39, 0.29) is 6.61 Å². The van der Waals surface area contributed by atoms with Crippen LogP contribution in [0.2, 0.25) is 10.0 Å². The van der Waals surface area contributed by atoms with Gasteiger partial charge in [0, 0.05) is 26.4 Å². The first-order valence-corrected chi connectivity index (χ1v) is 7.59. The summed E-state index contributed by atoms with van der Waals surface area (Å²) in [7, 11) is 0. The van der Waals surface area contributed by atoms with Crippen LogP contribution < -0.4 is 0 Å². The van der Waals surface area contributed by atoms with Crippen LogP contribution in [0.25, 0.3) is 0 Å². The van der Waals surface area contributed by atoms with Crippen molar-refractivity contribution in [3.63, 3.8) is 0 Å². The molecule has 0 amide bonds. The van der Waals surface area contributed by atoms with E-state index in [1.165, 1.54) is 0 Å². The third-order valence-electron chi connectivity index (χ3n) is 2.66. The molecule has 19 heavy (non-hydrogen) atoms. The highest BCUT2D eigenvalue weighted by Gasteiger charge is 2.04. The number of hydrogen-bond donors (Lipinski definition) is 1. The highest BCUT2D eigenvalue weighted by Crippen LogP contribution is 2.32. The van der Waals surface area contributed by atoms with E-state index in [4.69, 9.17) is 28.3 Å². The van der Waals surface area contributed by atoms with Crippen LogP contribution in [0.15, 0.2) is 52.3 Å². The van der Waals surface area contributed by atoms with E-state index in [2.05, 4.69) is 0 Å². The first-order chi connectivity index (χ1) is 9.19. The second-order valence-electron chi connectivity index (χ2n) is 4.14. The van der Waals surface area contributed by atoms with Crippen molar-refractivity contribution in [1.82, 2.24) is 0 Å². The minimum absolute atomic E-state index is 0.190.